The van der Waals surface area contributed by atoms with Crippen LogP contribution < -0.4 is 4.74 Å². The predicted octanol–water partition coefficient (Wildman–Crippen LogP) is 7.72. The topological polar surface area (TPSA) is 119 Å². The van der Waals surface area contributed by atoms with Crippen LogP contribution >= 0.6 is 0 Å². The highest BCUT2D eigenvalue weighted by Gasteiger charge is 2.29. The number of carbonyl (C=O) groups is 4. The second-order valence-electron chi connectivity index (χ2n) is 10.9. The van der Waals surface area contributed by atoms with Gasteiger partial charge in [-0.05, 0) is 53.1 Å². The smallest absolute Gasteiger partial charge is 0.339 e. The zero-order valence-corrected chi connectivity index (χ0v) is 26.5. The van der Waals surface area contributed by atoms with Gasteiger partial charge in [0.1, 0.15) is 24.7 Å². The summed E-state index contributed by atoms with van der Waals surface area (Å²) in [6.45, 7) is 3.49. The van der Waals surface area contributed by atoms with Gasteiger partial charge in [-0.1, -0.05) is 104 Å². The van der Waals surface area contributed by atoms with Gasteiger partial charge in [-0.15, -0.1) is 0 Å². The summed E-state index contributed by atoms with van der Waals surface area (Å²) in [4.78, 5) is 54.9. The van der Waals surface area contributed by atoms with Crippen LogP contribution in [0.3, 0.4) is 0 Å². The van der Waals surface area contributed by atoms with E-state index in [0.29, 0.717) is 17.1 Å². The van der Waals surface area contributed by atoms with E-state index in [1.54, 1.807) is 42.5 Å². The Bertz CT molecular complexity index is 1920. The van der Waals surface area contributed by atoms with Crippen LogP contribution in [0.25, 0.3) is 0 Å². The normalized spacial score (nSPS) is 10.4. The molecule has 49 heavy (non-hydrogen) atoms. The molecule has 0 saturated carbocycles. The first-order valence-corrected chi connectivity index (χ1v) is 15.4. The summed E-state index contributed by atoms with van der Waals surface area (Å²) >= 11 is 0. The maximum absolute atomic E-state index is 14.4. The first-order valence-electron chi connectivity index (χ1n) is 15.4. The first-order chi connectivity index (χ1) is 23.8. The number of nitrogens with zero attached hydrogens (tertiary/aromatic N) is 1. The number of hydrogen-bond acceptors (Lipinski definition) is 7. The molecular weight excluding hydrogens is 622 g/mol. The molecule has 5 rings (SSSR count). The lowest BCUT2D eigenvalue weighted by molar-refractivity contribution is 0.0462. The Morgan fingerprint density at radius 2 is 1.08 bits per heavy atom. The minimum Gasteiger partial charge on any atom is -0.478 e. The molecule has 0 spiro atoms. The average molecular weight is 656 g/mol. The number of carboxylic acids is 1. The Morgan fingerprint density at radius 1 is 0.592 bits per heavy atom. The highest BCUT2D eigenvalue weighted by Crippen LogP contribution is 2.26. The van der Waals surface area contributed by atoms with Gasteiger partial charge in [0.25, 0.3) is 5.91 Å². The molecule has 5 aromatic rings. The van der Waals surface area contributed by atoms with E-state index in [1.165, 1.54) is 11.0 Å². The van der Waals surface area contributed by atoms with Gasteiger partial charge >= 0.3 is 17.9 Å². The molecule has 0 aliphatic carbocycles. The summed E-state index contributed by atoms with van der Waals surface area (Å²) in [5, 5.41) is 10.1. The van der Waals surface area contributed by atoms with Gasteiger partial charge in [-0.25, -0.2) is 14.4 Å². The molecule has 9 nitrogen and oxygen atoms in total. The molecule has 0 heterocycles. The lowest BCUT2D eigenvalue weighted by atomic mass is 9.96. The quantitative estimate of drug-likeness (QED) is 0.0954. The van der Waals surface area contributed by atoms with E-state index < -0.39 is 34.9 Å². The highest BCUT2D eigenvalue weighted by atomic mass is 16.5. The Kier molecular flexibility index (Phi) is 11.3. The summed E-state index contributed by atoms with van der Waals surface area (Å²) in [7, 11) is 0. The fourth-order valence-corrected chi connectivity index (χ4v) is 4.99. The number of ether oxygens (including phenoxy) is 3. The number of esters is 2. The van der Waals surface area contributed by atoms with Crippen LogP contribution in [-0.2, 0) is 29.2 Å². The van der Waals surface area contributed by atoms with Crippen LogP contribution in [0.1, 0.15) is 58.1 Å². The molecule has 0 bridgehead atoms. The molecule has 0 aliphatic rings. The number of para-hydroxylation sites is 1. The third kappa shape index (κ3) is 9.08. The van der Waals surface area contributed by atoms with Crippen molar-refractivity contribution in [2.45, 2.75) is 19.7 Å². The number of hydrogen-bond donors (Lipinski definition) is 1. The van der Waals surface area contributed by atoms with Crippen LogP contribution in [-0.4, -0.2) is 40.4 Å². The number of benzene rings is 5. The van der Waals surface area contributed by atoms with Crippen molar-refractivity contribution in [2.24, 2.45) is 0 Å². The van der Waals surface area contributed by atoms with Gasteiger partial charge in [0.15, 0.2) is 0 Å². The minimum absolute atomic E-state index is 0.101. The first kappa shape index (κ1) is 33.9. The van der Waals surface area contributed by atoms with E-state index in [9.17, 15) is 24.3 Å². The summed E-state index contributed by atoms with van der Waals surface area (Å²) in [5.41, 5.74) is 0.814. The largest absolute Gasteiger partial charge is 0.478 e. The Labute approximate surface area is 283 Å². The van der Waals surface area contributed by atoms with Gasteiger partial charge in [-0.3, -0.25) is 4.79 Å². The minimum atomic E-state index is -1.48. The summed E-state index contributed by atoms with van der Waals surface area (Å²) in [5.74, 6) is -2.75. The van der Waals surface area contributed by atoms with Gasteiger partial charge in [0.2, 0.25) is 0 Å². The van der Waals surface area contributed by atoms with Crippen molar-refractivity contribution >= 4 is 23.8 Å². The van der Waals surface area contributed by atoms with Crippen molar-refractivity contribution in [1.82, 2.24) is 4.90 Å². The third-order valence-electron chi connectivity index (χ3n) is 7.38. The van der Waals surface area contributed by atoms with Crippen LogP contribution in [0, 0.1) is 0 Å². The van der Waals surface area contributed by atoms with Crippen molar-refractivity contribution in [1.29, 1.82) is 0 Å². The molecule has 246 valence electrons. The lowest BCUT2D eigenvalue weighted by Gasteiger charge is -2.25. The Hall–Kier alpha value is -6.48. The second kappa shape index (κ2) is 16.4. The molecule has 0 unspecified atom stereocenters. The molecule has 0 radical (unpaired) electrons. The Morgan fingerprint density at radius 3 is 1.67 bits per heavy atom. The maximum atomic E-state index is 14.4. The van der Waals surface area contributed by atoms with Crippen LogP contribution in [0.15, 0.2) is 140 Å². The fourth-order valence-electron chi connectivity index (χ4n) is 4.99. The zero-order chi connectivity index (χ0) is 34.6. The van der Waals surface area contributed by atoms with E-state index in [2.05, 4.69) is 6.58 Å². The summed E-state index contributed by atoms with van der Waals surface area (Å²) in [6, 6.07) is 36.7. The molecule has 0 fully saturated rings. The van der Waals surface area contributed by atoms with Crippen molar-refractivity contribution in [3.63, 3.8) is 0 Å². The van der Waals surface area contributed by atoms with Crippen LogP contribution in [0.5, 0.6) is 11.5 Å². The highest BCUT2D eigenvalue weighted by molar-refractivity contribution is 6.11. The van der Waals surface area contributed by atoms with Gasteiger partial charge in [0.05, 0.1) is 22.3 Å². The molecule has 5 aromatic carbocycles. The summed E-state index contributed by atoms with van der Waals surface area (Å²) in [6.07, 6.45) is 1.35. The predicted molar refractivity (Wildman–Crippen MR) is 182 cm³/mol. The SMILES string of the molecule is C=CCOC(=O)c1cc(C(=O)OCc2ccccc2)c(C(=O)O)cc1C(=O)N(Cc1ccccc1)Cc1ccc(Oc2ccccc2)cc1. The van der Waals surface area contributed by atoms with Gasteiger partial charge in [-0.2, -0.15) is 0 Å². The van der Waals surface area contributed by atoms with Crippen molar-refractivity contribution in [2.75, 3.05) is 6.61 Å². The van der Waals surface area contributed by atoms with E-state index >= 15 is 0 Å². The monoisotopic (exact) mass is 655 g/mol. The second-order valence-corrected chi connectivity index (χ2v) is 10.9. The van der Waals surface area contributed by atoms with Crippen molar-refractivity contribution in [3.8, 4) is 11.5 Å². The number of aromatic carboxylic acids is 1. The number of carboxylic acid groups (broad SMARTS) is 1. The van der Waals surface area contributed by atoms with Crippen LogP contribution in [0.2, 0.25) is 0 Å². The molecule has 0 atom stereocenters. The molecule has 1 amide bonds. The fraction of sp³-hybridized carbons (Fsp3) is 0.100. The number of rotatable bonds is 14. The number of carbonyl (C=O) groups excluding carboxylic acids is 3. The lowest BCUT2D eigenvalue weighted by Crippen LogP contribution is -2.32. The third-order valence-corrected chi connectivity index (χ3v) is 7.38. The number of amides is 1. The molecule has 0 saturated heterocycles. The van der Waals surface area contributed by atoms with E-state index in [0.717, 1.165) is 23.3 Å². The van der Waals surface area contributed by atoms with Gasteiger partial charge in [0, 0.05) is 13.1 Å². The van der Waals surface area contributed by atoms with Gasteiger partial charge < -0.3 is 24.2 Å². The van der Waals surface area contributed by atoms with Crippen molar-refractivity contribution < 1.29 is 38.5 Å². The Balaban J connectivity index is 1.50. The zero-order valence-electron chi connectivity index (χ0n) is 26.5. The molecule has 0 aromatic heterocycles. The molecule has 0 aliphatic heterocycles. The van der Waals surface area contributed by atoms with Crippen molar-refractivity contribution in [3.05, 3.63) is 179 Å². The summed E-state index contributed by atoms with van der Waals surface area (Å²) < 4.78 is 16.6. The molecule has 9 heteroatoms. The standard InChI is InChI=1S/C40H33NO8/c1-2-22-47-39(45)35-24-36(40(46)48-27-30-14-8-4-9-15-30)34(38(43)44)23-33(35)37(42)41(25-28-12-6-3-7-13-28)26-29-18-20-32(21-19-29)49-31-16-10-5-11-17-31/h2-21,23-24H,1,22,25-27H2,(H,43,44). The molecule has 1 N–H and O–H groups in total. The van der Waals surface area contributed by atoms with E-state index in [-0.39, 0.29) is 37.4 Å². The van der Waals surface area contributed by atoms with E-state index in [4.69, 9.17) is 14.2 Å². The molecular formula is C40H33NO8. The maximum Gasteiger partial charge on any atom is 0.339 e. The van der Waals surface area contributed by atoms with Crippen LogP contribution in [0.4, 0.5) is 0 Å². The average Bonchev–Trinajstić information content (AvgIpc) is 3.13. The van der Waals surface area contributed by atoms with E-state index in [1.807, 2.05) is 72.8 Å².